The predicted molar refractivity (Wildman–Crippen MR) is 88.7 cm³/mol. The first kappa shape index (κ1) is 17.3. The van der Waals surface area contributed by atoms with Crippen LogP contribution in [0.3, 0.4) is 0 Å². The first-order chi connectivity index (χ1) is 12.4. The van der Waals surface area contributed by atoms with Gasteiger partial charge in [0.25, 0.3) is 0 Å². The van der Waals surface area contributed by atoms with E-state index >= 15 is 0 Å². The number of aromatic nitrogens is 1. The largest absolute Gasteiger partial charge is 0.481 e. The molecule has 0 radical (unpaired) electrons. The first-order valence-electron chi connectivity index (χ1n) is 7.63. The van der Waals surface area contributed by atoms with Gasteiger partial charge < -0.3 is 10.1 Å². The molecule has 2 N–H and O–H groups in total. The highest BCUT2D eigenvalue weighted by molar-refractivity contribution is 6.00. The summed E-state index contributed by atoms with van der Waals surface area (Å²) in [5.41, 5.74) is 0.916. The number of hydrogen-bond donors (Lipinski definition) is 2. The average molecular weight is 354 g/mol. The van der Waals surface area contributed by atoms with Crippen LogP contribution in [-0.2, 0) is 4.79 Å². The average Bonchev–Trinajstić information content (AvgIpc) is 3.01. The van der Waals surface area contributed by atoms with Crippen molar-refractivity contribution in [3.8, 4) is 6.07 Å². The third kappa shape index (κ3) is 3.17. The lowest BCUT2D eigenvalue weighted by Crippen LogP contribution is -2.17. The number of H-pyrrole nitrogens is 1. The predicted octanol–water partition coefficient (Wildman–Crippen LogP) is 3.76. The van der Waals surface area contributed by atoms with Crippen LogP contribution in [0.5, 0.6) is 0 Å². The zero-order chi connectivity index (χ0) is 18.8. The van der Waals surface area contributed by atoms with Crippen molar-refractivity contribution in [3.05, 3.63) is 70.9 Å². The van der Waals surface area contributed by atoms with Crippen LogP contribution >= 0.6 is 0 Å². The number of aromatic amines is 1. The molecule has 0 amide bonds. The van der Waals surface area contributed by atoms with Gasteiger partial charge in [-0.2, -0.15) is 5.26 Å². The van der Waals surface area contributed by atoms with Gasteiger partial charge in [-0.25, -0.2) is 8.78 Å². The van der Waals surface area contributed by atoms with Gasteiger partial charge in [-0.1, -0.05) is 0 Å². The molecule has 1 unspecified atom stereocenters. The molecule has 3 aromatic rings. The summed E-state index contributed by atoms with van der Waals surface area (Å²) in [5.74, 6) is -5.11. The minimum absolute atomic E-state index is 0.320. The van der Waals surface area contributed by atoms with Crippen LogP contribution in [0, 0.1) is 23.0 Å². The van der Waals surface area contributed by atoms with E-state index in [-0.39, 0.29) is 5.56 Å². The number of nitrogens with zero attached hydrogens (tertiary/aromatic N) is 1. The number of fused-ring (bicyclic) bond motifs is 1. The highest BCUT2D eigenvalue weighted by atomic mass is 19.1. The smallest absolute Gasteiger partial charge is 0.311 e. The summed E-state index contributed by atoms with van der Waals surface area (Å²) >= 11 is 0. The molecule has 1 atom stereocenters. The molecule has 0 saturated heterocycles. The Bertz CT molecular complexity index is 1070. The van der Waals surface area contributed by atoms with Crippen molar-refractivity contribution in [1.29, 1.82) is 5.26 Å². The Labute approximate surface area is 146 Å². The number of carbonyl (C=O) groups excluding carboxylic acids is 1. The highest BCUT2D eigenvalue weighted by Gasteiger charge is 2.27. The van der Waals surface area contributed by atoms with Gasteiger partial charge in [-0.3, -0.25) is 9.59 Å². The zero-order valence-electron chi connectivity index (χ0n) is 13.3. The summed E-state index contributed by atoms with van der Waals surface area (Å²) in [7, 11) is 0. The highest BCUT2D eigenvalue weighted by Crippen LogP contribution is 2.30. The SMILES string of the molecule is N#Cc1ccc2[nH]cc(C(CC(=O)c3ccc(F)cc3F)C(=O)O)c2c1. The number of hydrogen-bond acceptors (Lipinski definition) is 3. The summed E-state index contributed by atoms with van der Waals surface area (Å²) in [5, 5.41) is 19.1. The van der Waals surface area contributed by atoms with Gasteiger partial charge in [0.2, 0.25) is 0 Å². The molecule has 3 rings (SSSR count). The summed E-state index contributed by atoms with van der Waals surface area (Å²) in [4.78, 5) is 27.0. The number of halogens is 2. The summed E-state index contributed by atoms with van der Waals surface area (Å²) in [6.45, 7) is 0. The van der Waals surface area contributed by atoms with Crippen molar-refractivity contribution in [2.45, 2.75) is 12.3 Å². The van der Waals surface area contributed by atoms with Crippen molar-refractivity contribution in [3.63, 3.8) is 0 Å². The normalized spacial score (nSPS) is 11.9. The van der Waals surface area contributed by atoms with Crippen LogP contribution in [-0.4, -0.2) is 21.8 Å². The fourth-order valence-electron chi connectivity index (χ4n) is 2.84. The molecule has 5 nitrogen and oxygen atoms in total. The fraction of sp³-hybridized carbons (Fsp3) is 0.105. The summed E-state index contributed by atoms with van der Waals surface area (Å²) < 4.78 is 26.8. The van der Waals surface area contributed by atoms with Crippen molar-refractivity contribution >= 4 is 22.7 Å². The molecule has 0 saturated carbocycles. The standard InChI is InChI=1S/C19H12F2N2O3/c20-11-2-3-12(16(21)6-11)18(24)7-14(19(25)26)15-9-23-17-4-1-10(8-22)5-13(15)17/h1-6,9,14,23H,7H2,(H,25,26). The molecule has 0 spiro atoms. The fourth-order valence-corrected chi connectivity index (χ4v) is 2.84. The minimum Gasteiger partial charge on any atom is -0.481 e. The molecule has 0 aliphatic rings. The van der Waals surface area contributed by atoms with E-state index < -0.39 is 35.7 Å². The molecule has 2 aromatic carbocycles. The number of carboxylic acid groups (broad SMARTS) is 1. The van der Waals surface area contributed by atoms with E-state index in [1.165, 1.54) is 12.3 Å². The van der Waals surface area contributed by atoms with Crippen molar-refractivity contribution in [2.24, 2.45) is 0 Å². The third-order valence-electron chi connectivity index (χ3n) is 4.14. The second-order valence-corrected chi connectivity index (χ2v) is 5.76. The third-order valence-corrected chi connectivity index (χ3v) is 4.14. The van der Waals surface area contributed by atoms with Crippen LogP contribution in [0.25, 0.3) is 10.9 Å². The number of carbonyl (C=O) groups is 2. The Morgan fingerprint density at radius 2 is 1.96 bits per heavy atom. The Kier molecular flexibility index (Phi) is 4.50. The van der Waals surface area contributed by atoms with E-state index in [4.69, 9.17) is 5.26 Å². The Hall–Kier alpha value is -3.53. The Morgan fingerprint density at radius 1 is 1.19 bits per heavy atom. The van der Waals surface area contributed by atoms with Crippen molar-refractivity contribution in [1.82, 2.24) is 4.98 Å². The number of rotatable bonds is 5. The molecule has 0 aliphatic heterocycles. The van der Waals surface area contributed by atoms with Crippen LogP contribution in [0.2, 0.25) is 0 Å². The number of nitriles is 1. The molecule has 0 bridgehead atoms. The molecular formula is C19H12F2N2O3. The van der Waals surface area contributed by atoms with Crippen LogP contribution in [0.4, 0.5) is 8.78 Å². The molecule has 130 valence electrons. The molecule has 1 heterocycles. The Morgan fingerprint density at radius 3 is 2.62 bits per heavy atom. The van der Waals surface area contributed by atoms with E-state index in [0.29, 0.717) is 28.1 Å². The molecule has 7 heteroatoms. The number of benzene rings is 2. The number of ketones is 1. The topological polar surface area (TPSA) is 94.0 Å². The van der Waals surface area contributed by atoms with E-state index in [1.54, 1.807) is 12.1 Å². The minimum atomic E-state index is -1.26. The van der Waals surface area contributed by atoms with E-state index in [1.807, 2.05) is 6.07 Å². The quantitative estimate of drug-likeness (QED) is 0.682. The number of Topliss-reactive ketones (excluding diaryl/α,β-unsaturated/α-hetero) is 1. The van der Waals surface area contributed by atoms with Crippen LogP contribution in [0.15, 0.2) is 42.6 Å². The van der Waals surface area contributed by atoms with Gasteiger partial charge in [0.15, 0.2) is 5.78 Å². The van der Waals surface area contributed by atoms with Crippen LogP contribution in [0.1, 0.15) is 33.8 Å². The van der Waals surface area contributed by atoms with E-state index in [0.717, 1.165) is 12.1 Å². The maximum atomic E-state index is 13.8. The van der Waals surface area contributed by atoms with Gasteiger partial charge in [0.1, 0.15) is 11.6 Å². The van der Waals surface area contributed by atoms with Gasteiger partial charge in [0, 0.05) is 29.6 Å². The molecule has 0 fully saturated rings. The Balaban J connectivity index is 1.99. The van der Waals surface area contributed by atoms with Gasteiger partial charge in [0.05, 0.1) is 23.1 Å². The number of aliphatic carboxylic acids is 1. The maximum absolute atomic E-state index is 13.8. The lowest BCUT2D eigenvalue weighted by atomic mass is 9.91. The summed E-state index contributed by atoms with van der Waals surface area (Å²) in [6.07, 6.45) is 0.959. The van der Waals surface area contributed by atoms with E-state index in [9.17, 15) is 23.5 Å². The molecule has 1 aromatic heterocycles. The lowest BCUT2D eigenvalue weighted by molar-refractivity contribution is -0.138. The molecule has 26 heavy (non-hydrogen) atoms. The van der Waals surface area contributed by atoms with Crippen molar-refractivity contribution in [2.75, 3.05) is 0 Å². The maximum Gasteiger partial charge on any atom is 0.311 e. The second-order valence-electron chi connectivity index (χ2n) is 5.76. The molecule has 0 aliphatic carbocycles. The number of nitrogens with one attached hydrogen (secondary N) is 1. The van der Waals surface area contributed by atoms with Crippen molar-refractivity contribution < 1.29 is 23.5 Å². The summed E-state index contributed by atoms with van der Waals surface area (Å²) in [6, 6.07) is 9.23. The lowest BCUT2D eigenvalue weighted by Gasteiger charge is -2.11. The van der Waals surface area contributed by atoms with Crippen LogP contribution < -0.4 is 0 Å². The first-order valence-corrected chi connectivity index (χ1v) is 7.63. The van der Waals surface area contributed by atoms with Gasteiger partial charge in [-0.15, -0.1) is 0 Å². The second kappa shape index (κ2) is 6.76. The number of carboxylic acids is 1. The van der Waals surface area contributed by atoms with Gasteiger partial charge >= 0.3 is 5.97 Å². The van der Waals surface area contributed by atoms with Gasteiger partial charge in [-0.05, 0) is 35.9 Å². The molecular weight excluding hydrogens is 342 g/mol. The van der Waals surface area contributed by atoms with E-state index in [2.05, 4.69) is 4.98 Å². The monoisotopic (exact) mass is 354 g/mol. The zero-order valence-corrected chi connectivity index (χ0v) is 13.3.